The lowest BCUT2D eigenvalue weighted by atomic mass is 10.1. The van der Waals surface area contributed by atoms with Gasteiger partial charge in [0, 0.05) is 25.2 Å². The molecule has 2 aliphatic rings. The summed E-state index contributed by atoms with van der Waals surface area (Å²) in [6, 6.07) is 13.1. The van der Waals surface area contributed by atoms with Crippen LogP contribution < -0.4 is 15.4 Å². The second kappa shape index (κ2) is 7.58. The number of nitrogens with zero attached hydrogens (tertiary/aromatic N) is 1. The number of carbonyl (C=O) groups is 3. The molecule has 0 aromatic heterocycles. The molecular weight excluding hydrogens is 370 g/mol. The van der Waals surface area contributed by atoms with E-state index in [4.69, 9.17) is 4.74 Å². The Morgan fingerprint density at radius 3 is 2.72 bits per heavy atom. The lowest BCUT2D eigenvalue weighted by Gasteiger charge is -2.24. The molecule has 3 amide bonds. The summed E-state index contributed by atoms with van der Waals surface area (Å²) in [5.74, 6) is -0.300. The van der Waals surface area contributed by atoms with Crippen LogP contribution in [0.2, 0.25) is 0 Å². The second-order valence-corrected chi connectivity index (χ2v) is 7.61. The first kappa shape index (κ1) is 19.0. The third kappa shape index (κ3) is 4.08. The predicted molar refractivity (Wildman–Crippen MR) is 108 cm³/mol. The van der Waals surface area contributed by atoms with Gasteiger partial charge in [-0.05, 0) is 37.6 Å². The van der Waals surface area contributed by atoms with Crippen LogP contribution in [-0.4, -0.2) is 35.3 Å². The van der Waals surface area contributed by atoms with Crippen LogP contribution in [0.15, 0.2) is 42.5 Å². The summed E-state index contributed by atoms with van der Waals surface area (Å²) in [7, 11) is 0. The monoisotopic (exact) mass is 393 g/mol. The van der Waals surface area contributed by atoms with Crippen molar-refractivity contribution >= 4 is 29.1 Å². The number of rotatable bonds is 4. The maximum atomic E-state index is 12.7. The number of hydrogen-bond donors (Lipinski definition) is 2. The Labute approximate surface area is 169 Å². The summed E-state index contributed by atoms with van der Waals surface area (Å²) >= 11 is 0. The summed E-state index contributed by atoms with van der Waals surface area (Å²) in [6.45, 7) is 4.58. The molecule has 2 aromatic rings. The second-order valence-electron chi connectivity index (χ2n) is 7.61. The van der Waals surface area contributed by atoms with E-state index in [9.17, 15) is 14.4 Å². The van der Waals surface area contributed by atoms with Crippen molar-refractivity contribution in [2.45, 2.75) is 32.9 Å². The molecule has 0 radical (unpaired) electrons. The molecule has 0 unspecified atom stereocenters. The molecule has 2 atom stereocenters. The number of carbonyl (C=O) groups excluding carboxylic acids is 3. The van der Waals surface area contributed by atoms with Gasteiger partial charge in [0.1, 0.15) is 5.75 Å². The lowest BCUT2D eigenvalue weighted by Crippen LogP contribution is -2.34. The van der Waals surface area contributed by atoms with Gasteiger partial charge in [-0.15, -0.1) is 0 Å². The number of likely N-dealkylation sites (tertiary alicyclic amines) is 1. The molecule has 0 aliphatic carbocycles. The van der Waals surface area contributed by atoms with Crippen LogP contribution in [-0.2, 0) is 20.9 Å². The average molecular weight is 393 g/mol. The van der Waals surface area contributed by atoms with E-state index in [1.165, 1.54) is 5.56 Å². The van der Waals surface area contributed by atoms with Gasteiger partial charge in [0.2, 0.25) is 11.8 Å². The molecule has 150 valence electrons. The molecule has 1 saturated heterocycles. The molecule has 29 heavy (non-hydrogen) atoms. The Morgan fingerprint density at radius 1 is 1.21 bits per heavy atom. The fraction of sp³-hybridized carbons (Fsp3) is 0.318. The number of hydrogen-bond acceptors (Lipinski definition) is 4. The van der Waals surface area contributed by atoms with E-state index in [1.54, 1.807) is 30.0 Å². The fourth-order valence-corrected chi connectivity index (χ4v) is 3.55. The molecular formula is C22H23N3O4. The van der Waals surface area contributed by atoms with Crippen molar-refractivity contribution in [1.29, 1.82) is 0 Å². The van der Waals surface area contributed by atoms with Gasteiger partial charge in [0.05, 0.1) is 11.6 Å². The zero-order chi connectivity index (χ0) is 20.5. The van der Waals surface area contributed by atoms with Crippen LogP contribution in [0.5, 0.6) is 5.75 Å². The smallest absolute Gasteiger partial charge is 0.265 e. The SMILES string of the molecule is Cc1ccc(CN2C[C@H](C(=O)Nc3ccc4c(c3)NC(=O)[C@@H](C)O4)CC2=O)cc1. The number of benzene rings is 2. The van der Waals surface area contributed by atoms with Crippen LogP contribution in [0.25, 0.3) is 0 Å². The van der Waals surface area contributed by atoms with Crippen LogP contribution in [0.4, 0.5) is 11.4 Å². The van der Waals surface area contributed by atoms with Crippen molar-refractivity contribution in [3.8, 4) is 5.75 Å². The fourth-order valence-electron chi connectivity index (χ4n) is 3.55. The molecule has 2 heterocycles. The zero-order valence-corrected chi connectivity index (χ0v) is 16.4. The first-order valence-electron chi connectivity index (χ1n) is 9.65. The molecule has 4 rings (SSSR count). The Bertz CT molecular complexity index is 971. The summed E-state index contributed by atoms with van der Waals surface area (Å²) in [5.41, 5.74) is 3.29. The van der Waals surface area contributed by atoms with E-state index < -0.39 is 12.0 Å². The molecule has 0 bridgehead atoms. The minimum atomic E-state index is -0.549. The lowest BCUT2D eigenvalue weighted by molar-refractivity contribution is -0.128. The first-order valence-corrected chi connectivity index (χ1v) is 9.65. The topological polar surface area (TPSA) is 87.7 Å². The van der Waals surface area contributed by atoms with Gasteiger partial charge in [-0.1, -0.05) is 29.8 Å². The van der Waals surface area contributed by atoms with Crippen molar-refractivity contribution in [3.63, 3.8) is 0 Å². The normalized spacial score (nSPS) is 20.7. The molecule has 7 heteroatoms. The Morgan fingerprint density at radius 2 is 1.97 bits per heavy atom. The van der Waals surface area contributed by atoms with Crippen molar-refractivity contribution < 1.29 is 19.1 Å². The number of aryl methyl sites for hydroxylation is 1. The molecule has 0 spiro atoms. The highest BCUT2D eigenvalue weighted by molar-refractivity contribution is 6.00. The standard InChI is InChI=1S/C22H23N3O4/c1-13-3-5-15(6-4-13)11-25-12-16(9-20(25)26)22(28)23-17-7-8-19-18(10-17)24-21(27)14(2)29-19/h3-8,10,14,16H,9,11-12H2,1-2H3,(H,23,28)(H,24,27)/t14-,16-/m1/s1. The van der Waals surface area contributed by atoms with Gasteiger partial charge in [0.15, 0.2) is 6.10 Å². The van der Waals surface area contributed by atoms with E-state index in [1.807, 2.05) is 31.2 Å². The third-order valence-electron chi connectivity index (χ3n) is 5.26. The van der Waals surface area contributed by atoms with Gasteiger partial charge in [-0.2, -0.15) is 0 Å². The van der Waals surface area contributed by atoms with Crippen LogP contribution in [0.3, 0.4) is 0 Å². The highest BCUT2D eigenvalue weighted by Crippen LogP contribution is 2.32. The quantitative estimate of drug-likeness (QED) is 0.836. The number of nitrogens with one attached hydrogen (secondary N) is 2. The molecule has 2 aliphatic heterocycles. The largest absolute Gasteiger partial charge is 0.479 e. The molecule has 2 aromatic carbocycles. The zero-order valence-electron chi connectivity index (χ0n) is 16.4. The number of anilines is 2. The van der Waals surface area contributed by atoms with Gasteiger partial charge in [0.25, 0.3) is 5.91 Å². The molecule has 2 N–H and O–H groups in total. The molecule has 1 fully saturated rings. The van der Waals surface area contributed by atoms with E-state index in [0.717, 1.165) is 5.56 Å². The highest BCUT2D eigenvalue weighted by Gasteiger charge is 2.34. The van der Waals surface area contributed by atoms with Crippen molar-refractivity contribution in [2.24, 2.45) is 5.92 Å². The number of ether oxygens (including phenoxy) is 1. The van der Waals surface area contributed by atoms with Crippen LogP contribution in [0.1, 0.15) is 24.5 Å². The van der Waals surface area contributed by atoms with Gasteiger partial charge >= 0.3 is 0 Å². The number of fused-ring (bicyclic) bond motifs is 1. The summed E-state index contributed by atoms with van der Waals surface area (Å²) in [6.07, 6.45) is -0.355. The van der Waals surface area contributed by atoms with Crippen molar-refractivity contribution in [2.75, 3.05) is 17.2 Å². The summed E-state index contributed by atoms with van der Waals surface area (Å²) in [5, 5.41) is 5.61. The molecule has 7 nitrogen and oxygen atoms in total. The van der Waals surface area contributed by atoms with E-state index in [0.29, 0.717) is 30.2 Å². The minimum absolute atomic E-state index is 0.0224. The maximum Gasteiger partial charge on any atom is 0.265 e. The minimum Gasteiger partial charge on any atom is -0.479 e. The summed E-state index contributed by atoms with van der Waals surface area (Å²) < 4.78 is 5.52. The van der Waals surface area contributed by atoms with Crippen molar-refractivity contribution in [3.05, 3.63) is 53.6 Å². The first-order chi connectivity index (χ1) is 13.9. The third-order valence-corrected chi connectivity index (χ3v) is 5.26. The van der Waals surface area contributed by atoms with Crippen molar-refractivity contribution in [1.82, 2.24) is 4.90 Å². The van der Waals surface area contributed by atoms with Gasteiger partial charge in [-0.25, -0.2) is 0 Å². The summed E-state index contributed by atoms with van der Waals surface area (Å²) in [4.78, 5) is 38.5. The maximum absolute atomic E-state index is 12.7. The van der Waals surface area contributed by atoms with Crippen LogP contribution in [0, 0.1) is 12.8 Å². The van der Waals surface area contributed by atoms with E-state index in [2.05, 4.69) is 10.6 Å². The van der Waals surface area contributed by atoms with Gasteiger partial charge in [-0.3, -0.25) is 14.4 Å². The van der Waals surface area contributed by atoms with E-state index >= 15 is 0 Å². The number of amides is 3. The average Bonchev–Trinajstić information content (AvgIpc) is 3.05. The highest BCUT2D eigenvalue weighted by atomic mass is 16.5. The Hall–Kier alpha value is -3.35. The predicted octanol–water partition coefficient (Wildman–Crippen LogP) is 2.70. The Kier molecular flexibility index (Phi) is 4.96. The molecule has 0 saturated carbocycles. The Balaban J connectivity index is 1.39. The van der Waals surface area contributed by atoms with Gasteiger partial charge < -0.3 is 20.3 Å². The van der Waals surface area contributed by atoms with E-state index in [-0.39, 0.29) is 24.1 Å². The van der Waals surface area contributed by atoms with Crippen LogP contribution >= 0.6 is 0 Å².